The van der Waals surface area contributed by atoms with E-state index in [1.807, 2.05) is 13.0 Å². The van der Waals surface area contributed by atoms with Crippen molar-refractivity contribution in [2.24, 2.45) is 0 Å². The molecule has 0 fully saturated rings. The molecule has 0 aromatic heterocycles. The van der Waals surface area contributed by atoms with E-state index in [1.54, 1.807) is 30.3 Å². The molecule has 0 unspecified atom stereocenters. The SMILES string of the molecule is Cc1cc(C=CC(=O)O)ccc1Oc1cccc(Cl)c1Cl. The lowest BCUT2D eigenvalue weighted by molar-refractivity contribution is -0.131. The molecule has 0 atom stereocenters. The van der Waals surface area contributed by atoms with E-state index in [-0.39, 0.29) is 0 Å². The molecular formula is C16H12Cl2O3. The molecule has 0 heterocycles. The van der Waals surface area contributed by atoms with Crippen LogP contribution in [0.3, 0.4) is 0 Å². The Morgan fingerprint density at radius 3 is 2.62 bits per heavy atom. The zero-order valence-electron chi connectivity index (χ0n) is 11.1. The third-order valence-electron chi connectivity index (χ3n) is 2.75. The van der Waals surface area contributed by atoms with Gasteiger partial charge < -0.3 is 9.84 Å². The Morgan fingerprint density at radius 2 is 1.95 bits per heavy atom. The van der Waals surface area contributed by atoms with Crippen LogP contribution in [-0.4, -0.2) is 11.1 Å². The number of rotatable bonds is 4. The predicted octanol–water partition coefficient (Wildman–Crippen LogP) is 5.19. The van der Waals surface area contributed by atoms with Gasteiger partial charge in [0, 0.05) is 6.08 Å². The smallest absolute Gasteiger partial charge is 0.328 e. The molecule has 2 aromatic rings. The molecule has 0 aliphatic carbocycles. The van der Waals surface area contributed by atoms with Gasteiger partial charge in [0.2, 0.25) is 0 Å². The Bertz CT molecular complexity index is 709. The zero-order valence-corrected chi connectivity index (χ0v) is 12.7. The van der Waals surface area contributed by atoms with E-state index in [0.29, 0.717) is 21.5 Å². The Balaban J connectivity index is 2.25. The first-order chi connectivity index (χ1) is 9.97. The van der Waals surface area contributed by atoms with E-state index in [9.17, 15) is 4.79 Å². The molecule has 1 N–H and O–H groups in total. The molecule has 0 aliphatic heterocycles. The first kappa shape index (κ1) is 15.4. The van der Waals surface area contributed by atoms with Crippen LogP contribution < -0.4 is 4.74 Å². The van der Waals surface area contributed by atoms with Crippen molar-refractivity contribution >= 4 is 35.2 Å². The summed E-state index contributed by atoms with van der Waals surface area (Å²) < 4.78 is 5.74. The molecule has 0 spiro atoms. The summed E-state index contributed by atoms with van der Waals surface area (Å²) in [5.74, 6) is 0.117. The minimum absolute atomic E-state index is 0.355. The van der Waals surface area contributed by atoms with Gasteiger partial charge in [-0.05, 0) is 48.4 Å². The fourth-order valence-corrected chi connectivity index (χ4v) is 2.07. The molecule has 2 rings (SSSR count). The quantitative estimate of drug-likeness (QED) is 0.787. The van der Waals surface area contributed by atoms with E-state index >= 15 is 0 Å². The first-order valence-corrected chi connectivity index (χ1v) is 6.86. The van der Waals surface area contributed by atoms with Crippen molar-refractivity contribution in [3.05, 3.63) is 63.6 Å². The monoisotopic (exact) mass is 322 g/mol. The molecule has 5 heteroatoms. The van der Waals surface area contributed by atoms with Gasteiger partial charge in [-0.1, -0.05) is 35.3 Å². The fourth-order valence-electron chi connectivity index (χ4n) is 1.74. The van der Waals surface area contributed by atoms with Crippen LogP contribution in [0.2, 0.25) is 10.0 Å². The van der Waals surface area contributed by atoms with Crippen LogP contribution in [0.5, 0.6) is 11.5 Å². The summed E-state index contributed by atoms with van der Waals surface area (Å²) in [7, 11) is 0. The number of aliphatic carboxylic acids is 1. The summed E-state index contributed by atoms with van der Waals surface area (Å²) in [5, 5.41) is 9.39. The summed E-state index contributed by atoms with van der Waals surface area (Å²) in [6, 6.07) is 10.5. The second-order valence-electron chi connectivity index (χ2n) is 4.35. The zero-order chi connectivity index (χ0) is 15.4. The van der Waals surface area contributed by atoms with Crippen LogP contribution in [0.25, 0.3) is 6.08 Å². The molecule has 0 amide bonds. The normalized spacial score (nSPS) is 10.8. The van der Waals surface area contributed by atoms with Crippen molar-refractivity contribution in [2.75, 3.05) is 0 Å². The lowest BCUT2D eigenvalue weighted by Crippen LogP contribution is -1.90. The maximum Gasteiger partial charge on any atom is 0.328 e. The van der Waals surface area contributed by atoms with Crippen LogP contribution in [0.15, 0.2) is 42.5 Å². The van der Waals surface area contributed by atoms with Crippen molar-refractivity contribution in [3.63, 3.8) is 0 Å². The van der Waals surface area contributed by atoms with E-state index in [4.69, 9.17) is 33.0 Å². The fraction of sp³-hybridized carbons (Fsp3) is 0.0625. The Labute approximate surface area is 132 Å². The minimum atomic E-state index is -0.987. The number of hydrogen-bond donors (Lipinski definition) is 1. The highest BCUT2D eigenvalue weighted by atomic mass is 35.5. The van der Waals surface area contributed by atoms with Crippen molar-refractivity contribution in [1.29, 1.82) is 0 Å². The summed E-state index contributed by atoms with van der Waals surface area (Å²) in [6.45, 7) is 1.87. The highest BCUT2D eigenvalue weighted by Crippen LogP contribution is 2.35. The van der Waals surface area contributed by atoms with E-state index in [2.05, 4.69) is 0 Å². The molecule has 0 bridgehead atoms. The average Bonchev–Trinajstić information content (AvgIpc) is 2.44. The molecule has 21 heavy (non-hydrogen) atoms. The molecule has 2 aromatic carbocycles. The van der Waals surface area contributed by atoms with Gasteiger partial charge in [-0.25, -0.2) is 4.79 Å². The van der Waals surface area contributed by atoms with Gasteiger partial charge in [0.1, 0.15) is 16.5 Å². The number of aryl methyl sites for hydroxylation is 1. The number of halogens is 2. The van der Waals surface area contributed by atoms with Crippen LogP contribution in [-0.2, 0) is 4.79 Å². The highest BCUT2D eigenvalue weighted by Gasteiger charge is 2.08. The molecular weight excluding hydrogens is 311 g/mol. The molecule has 0 saturated heterocycles. The van der Waals surface area contributed by atoms with Gasteiger partial charge in [-0.2, -0.15) is 0 Å². The second kappa shape index (κ2) is 6.66. The first-order valence-electron chi connectivity index (χ1n) is 6.11. The largest absolute Gasteiger partial charge is 0.478 e. The van der Waals surface area contributed by atoms with Crippen molar-refractivity contribution < 1.29 is 14.6 Å². The Morgan fingerprint density at radius 1 is 1.19 bits per heavy atom. The van der Waals surface area contributed by atoms with Crippen LogP contribution in [0.1, 0.15) is 11.1 Å². The standard InChI is InChI=1S/C16H12Cl2O3/c1-10-9-11(6-8-15(19)20)5-7-13(10)21-14-4-2-3-12(17)16(14)18/h2-9H,1H3,(H,19,20). The molecule has 3 nitrogen and oxygen atoms in total. The summed E-state index contributed by atoms with van der Waals surface area (Å²) >= 11 is 12.0. The number of hydrogen-bond acceptors (Lipinski definition) is 2. The summed E-state index contributed by atoms with van der Waals surface area (Å²) in [5.41, 5.74) is 1.64. The van der Waals surface area contributed by atoms with E-state index in [0.717, 1.165) is 17.2 Å². The van der Waals surface area contributed by atoms with Gasteiger partial charge in [-0.15, -0.1) is 0 Å². The van der Waals surface area contributed by atoms with Gasteiger partial charge in [0.15, 0.2) is 0 Å². The lowest BCUT2D eigenvalue weighted by Gasteiger charge is -2.11. The lowest BCUT2D eigenvalue weighted by atomic mass is 10.1. The average molecular weight is 323 g/mol. The Hall–Kier alpha value is -1.97. The maximum atomic E-state index is 10.5. The second-order valence-corrected chi connectivity index (χ2v) is 5.14. The highest BCUT2D eigenvalue weighted by molar-refractivity contribution is 6.42. The maximum absolute atomic E-state index is 10.5. The molecule has 0 aliphatic rings. The van der Waals surface area contributed by atoms with Crippen LogP contribution in [0, 0.1) is 6.92 Å². The third-order valence-corrected chi connectivity index (χ3v) is 3.55. The number of benzene rings is 2. The van der Waals surface area contributed by atoms with Gasteiger partial charge >= 0.3 is 5.97 Å². The van der Waals surface area contributed by atoms with Crippen LogP contribution >= 0.6 is 23.2 Å². The number of carbonyl (C=O) groups is 1. The van der Waals surface area contributed by atoms with Crippen molar-refractivity contribution in [3.8, 4) is 11.5 Å². The van der Waals surface area contributed by atoms with E-state index in [1.165, 1.54) is 6.08 Å². The van der Waals surface area contributed by atoms with E-state index < -0.39 is 5.97 Å². The summed E-state index contributed by atoms with van der Waals surface area (Å²) in [4.78, 5) is 10.5. The number of carboxylic acid groups (broad SMARTS) is 1. The van der Waals surface area contributed by atoms with Gasteiger partial charge in [-0.3, -0.25) is 0 Å². The number of ether oxygens (including phenoxy) is 1. The number of carboxylic acids is 1. The van der Waals surface area contributed by atoms with Crippen molar-refractivity contribution in [2.45, 2.75) is 6.92 Å². The molecule has 0 radical (unpaired) electrons. The minimum Gasteiger partial charge on any atom is -0.478 e. The predicted molar refractivity (Wildman–Crippen MR) is 84.4 cm³/mol. The van der Waals surface area contributed by atoms with Gasteiger partial charge in [0.05, 0.1) is 5.02 Å². The van der Waals surface area contributed by atoms with Crippen LogP contribution in [0.4, 0.5) is 0 Å². The topological polar surface area (TPSA) is 46.5 Å². The third kappa shape index (κ3) is 4.00. The molecule has 108 valence electrons. The molecule has 0 saturated carbocycles. The summed E-state index contributed by atoms with van der Waals surface area (Å²) in [6.07, 6.45) is 2.61. The van der Waals surface area contributed by atoms with Gasteiger partial charge in [0.25, 0.3) is 0 Å². The van der Waals surface area contributed by atoms with Crippen molar-refractivity contribution in [1.82, 2.24) is 0 Å². The Kier molecular flexibility index (Phi) is 4.89.